The van der Waals surface area contributed by atoms with Gasteiger partial charge in [0.05, 0.1) is 0 Å². The Hall–Kier alpha value is -0.460. The van der Waals surface area contributed by atoms with Crippen molar-refractivity contribution >= 4 is 0 Å². The molecule has 0 aromatic heterocycles. The molecule has 0 aromatic carbocycles. The van der Waals surface area contributed by atoms with Crippen molar-refractivity contribution in [3.05, 3.63) is 12.3 Å². The lowest BCUT2D eigenvalue weighted by Crippen LogP contribution is -2.26. The van der Waals surface area contributed by atoms with E-state index in [9.17, 15) is 0 Å². The molecule has 1 saturated heterocycles. The maximum atomic E-state index is 3.87. The molecule has 0 amide bonds. The van der Waals surface area contributed by atoms with E-state index < -0.39 is 0 Å². The quantitative estimate of drug-likeness (QED) is 0.614. The number of hydrogen-bond acceptors (Lipinski definition) is 1. The van der Waals surface area contributed by atoms with Crippen molar-refractivity contribution < 1.29 is 0 Å². The van der Waals surface area contributed by atoms with Crippen LogP contribution in [0.25, 0.3) is 0 Å². The predicted octanol–water partition coefficient (Wildman–Crippen LogP) is 2.94. The summed E-state index contributed by atoms with van der Waals surface area (Å²) in [6.07, 6.45) is 3.82. The van der Waals surface area contributed by atoms with Crippen molar-refractivity contribution in [1.82, 2.24) is 5.32 Å². The molecule has 1 rings (SSSR count). The zero-order valence-corrected chi connectivity index (χ0v) is 8.11. The molecule has 0 spiro atoms. The van der Waals surface area contributed by atoms with Crippen LogP contribution in [0, 0.1) is 5.92 Å². The lowest BCUT2D eigenvalue weighted by Gasteiger charge is -2.23. The molecule has 0 bridgehead atoms. The Morgan fingerprint density at radius 1 is 1.55 bits per heavy atom. The highest BCUT2D eigenvalue weighted by atomic mass is 14.9. The van der Waals surface area contributed by atoms with Gasteiger partial charge in [0.1, 0.15) is 0 Å². The van der Waals surface area contributed by atoms with Crippen LogP contribution in [-0.2, 0) is 0 Å². The second-order valence-corrected chi connectivity index (χ2v) is 2.80. The Bertz CT molecular complexity index is 97.4. The van der Waals surface area contributed by atoms with E-state index in [-0.39, 0.29) is 0 Å². The maximum absolute atomic E-state index is 3.87. The van der Waals surface area contributed by atoms with Crippen molar-refractivity contribution in [1.29, 1.82) is 0 Å². The smallest absolute Gasteiger partial charge is 0.0172 e. The molecule has 0 unspecified atom stereocenters. The van der Waals surface area contributed by atoms with Crippen molar-refractivity contribution in [3.8, 4) is 0 Å². The van der Waals surface area contributed by atoms with E-state index in [4.69, 9.17) is 0 Å². The summed E-state index contributed by atoms with van der Waals surface area (Å²) in [6, 6.07) is 0. The lowest BCUT2D eigenvalue weighted by molar-refractivity contribution is 0.405. The van der Waals surface area contributed by atoms with Crippen LogP contribution < -0.4 is 5.32 Å². The standard InChI is InChI=1S/C8H15N.C2H6/c1-3-8-5-4-7(2)9-6-8;1-2/h8-9H,2-6H2,1H3;1-2H3/t8-;/m1./s1. The molecule has 1 fully saturated rings. The van der Waals surface area contributed by atoms with E-state index in [0.29, 0.717) is 0 Å². The van der Waals surface area contributed by atoms with Gasteiger partial charge in [0, 0.05) is 12.2 Å². The largest absolute Gasteiger partial charge is 0.389 e. The second kappa shape index (κ2) is 6.26. The van der Waals surface area contributed by atoms with Crippen molar-refractivity contribution in [2.45, 2.75) is 40.0 Å². The molecule has 1 atom stereocenters. The average Bonchev–Trinajstić information content (AvgIpc) is 2.10. The van der Waals surface area contributed by atoms with E-state index in [2.05, 4.69) is 18.8 Å². The van der Waals surface area contributed by atoms with Crippen molar-refractivity contribution in [3.63, 3.8) is 0 Å². The highest BCUT2D eigenvalue weighted by Crippen LogP contribution is 2.17. The third-order valence-corrected chi connectivity index (χ3v) is 2.07. The van der Waals surface area contributed by atoms with Gasteiger partial charge in [0.15, 0.2) is 0 Å². The zero-order chi connectivity index (χ0) is 8.69. The summed E-state index contributed by atoms with van der Waals surface area (Å²) in [5.41, 5.74) is 1.22. The minimum Gasteiger partial charge on any atom is -0.389 e. The van der Waals surface area contributed by atoms with Crippen LogP contribution in [0.4, 0.5) is 0 Å². The molecular weight excluding hydrogens is 134 g/mol. The first-order valence-corrected chi connectivity index (χ1v) is 4.74. The van der Waals surface area contributed by atoms with Gasteiger partial charge in [-0.15, -0.1) is 0 Å². The molecule has 1 N–H and O–H groups in total. The topological polar surface area (TPSA) is 12.0 Å². The summed E-state index contributed by atoms with van der Waals surface area (Å²) < 4.78 is 0. The molecular formula is C10H21N. The van der Waals surface area contributed by atoms with Crippen LogP contribution in [0.15, 0.2) is 12.3 Å². The molecule has 1 aliphatic heterocycles. The van der Waals surface area contributed by atoms with Crippen molar-refractivity contribution in [2.24, 2.45) is 5.92 Å². The Labute approximate surface area is 70.9 Å². The minimum atomic E-state index is 0.899. The summed E-state index contributed by atoms with van der Waals surface area (Å²) in [7, 11) is 0. The van der Waals surface area contributed by atoms with Crippen LogP contribution in [0.2, 0.25) is 0 Å². The van der Waals surface area contributed by atoms with Crippen LogP contribution in [0.5, 0.6) is 0 Å². The Morgan fingerprint density at radius 2 is 2.18 bits per heavy atom. The molecule has 1 aliphatic rings. The van der Waals surface area contributed by atoms with E-state index in [1.807, 2.05) is 13.8 Å². The molecule has 0 aliphatic carbocycles. The van der Waals surface area contributed by atoms with Crippen molar-refractivity contribution in [2.75, 3.05) is 6.54 Å². The summed E-state index contributed by atoms with van der Waals surface area (Å²) >= 11 is 0. The Balaban J connectivity index is 0.000000461. The highest BCUT2D eigenvalue weighted by molar-refractivity contribution is 4.95. The summed E-state index contributed by atoms with van der Waals surface area (Å²) in [4.78, 5) is 0. The fourth-order valence-electron chi connectivity index (χ4n) is 1.21. The molecule has 0 saturated carbocycles. The van der Waals surface area contributed by atoms with Crippen LogP contribution in [0.3, 0.4) is 0 Å². The number of rotatable bonds is 1. The Morgan fingerprint density at radius 3 is 2.55 bits per heavy atom. The number of piperidine rings is 1. The van der Waals surface area contributed by atoms with Gasteiger partial charge in [-0.05, 0) is 18.8 Å². The molecule has 0 aromatic rings. The SMILES string of the molecule is C=C1CC[C@@H](CC)CN1.CC. The fraction of sp³-hybridized carbons (Fsp3) is 0.800. The summed E-state index contributed by atoms with van der Waals surface area (Å²) in [6.45, 7) is 11.3. The van der Waals surface area contributed by atoms with E-state index in [1.165, 1.54) is 25.0 Å². The third kappa shape index (κ3) is 4.07. The highest BCUT2D eigenvalue weighted by Gasteiger charge is 2.11. The third-order valence-electron chi connectivity index (χ3n) is 2.07. The van der Waals surface area contributed by atoms with Gasteiger partial charge in [-0.2, -0.15) is 0 Å². The molecule has 1 heterocycles. The van der Waals surface area contributed by atoms with Gasteiger partial charge in [0.25, 0.3) is 0 Å². The molecule has 11 heavy (non-hydrogen) atoms. The van der Waals surface area contributed by atoms with Crippen LogP contribution >= 0.6 is 0 Å². The molecule has 66 valence electrons. The Kier molecular flexibility index (Phi) is 6.00. The number of hydrogen-bond donors (Lipinski definition) is 1. The fourth-order valence-corrected chi connectivity index (χ4v) is 1.21. The molecule has 1 nitrogen and oxygen atoms in total. The van der Waals surface area contributed by atoms with Gasteiger partial charge in [0.2, 0.25) is 0 Å². The van der Waals surface area contributed by atoms with Gasteiger partial charge < -0.3 is 5.32 Å². The zero-order valence-electron chi connectivity index (χ0n) is 8.11. The first-order chi connectivity index (χ1) is 5.33. The monoisotopic (exact) mass is 155 g/mol. The second-order valence-electron chi connectivity index (χ2n) is 2.80. The first-order valence-electron chi connectivity index (χ1n) is 4.74. The first kappa shape index (κ1) is 10.5. The lowest BCUT2D eigenvalue weighted by atomic mass is 9.96. The summed E-state index contributed by atoms with van der Waals surface area (Å²) in [5.74, 6) is 0.899. The number of nitrogens with one attached hydrogen (secondary N) is 1. The van der Waals surface area contributed by atoms with Crippen LogP contribution in [-0.4, -0.2) is 6.54 Å². The average molecular weight is 155 g/mol. The normalized spacial score (nSPS) is 23.2. The minimum absolute atomic E-state index is 0.899. The molecule has 1 heteroatoms. The molecule has 0 radical (unpaired) electrons. The van der Waals surface area contributed by atoms with Crippen LogP contribution in [0.1, 0.15) is 40.0 Å². The maximum Gasteiger partial charge on any atom is 0.0172 e. The van der Waals surface area contributed by atoms with Gasteiger partial charge in [-0.3, -0.25) is 0 Å². The van der Waals surface area contributed by atoms with Gasteiger partial charge >= 0.3 is 0 Å². The van der Waals surface area contributed by atoms with E-state index in [1.54, 1.807) is 0 Å². The van der Waals surface area contributed by atoms with Gasteiger partial charge in [-0.25, -0.2) is 0 Å². The number of allylic oxidation sites excluding steroid dienone is 1. The predicted molar refractivity (Wildman–Crippen MR) is 51.5 cm³/mol. The van der Waals surface area contributed by atoms with Gasteiger partial charge in [-0.1, -0.05) is 33.8 Å². The van der Waals surface area contributed by atoms with E-state index >= 15 is 0 Å². The summed E-state index contributed by atoms with van der Waals surface area (Å²) in [5, 5.41) is 3.29. The van der Waals surface area contributed by atoms with E-state index in [0.717, 1.165) is 12.5 Å².